The number of nitrogens with two attached hydrogens (primary N) is 1. The fourth-order valence-electron chi connectivity index (χ4n) is 4.84. The minimum atomic E-state index is -0.129. The molecular formula is C18H21N5O2S. The molecule has 3 fully saturated rings. The van der Waals surface area contributed by atoms with Gasteiger partial charge in [0.1, 0.15) is 5.82 Å². The smallest absolute Gasteiger partial charge is 0.252 e. The monoisotopic (exact) mass is 371 g/mol. The number of carbonyl (C=O) groups excluding carboxylic acids is 1. The number of carbonyl (C=O) groups is 1. The third-order valence-electron chi connectivity index (χ3n) is 6.01. The minimum absolute atomic E-state index is 0.00269. The predicted octanol–water partition coefficient (Wildman–Crippen LogP) is 1.53. The number of nitrogens with one attached hydrogen (secondary N) is 1. The fourth-order valence-corrected chi connectivity index (χ4v) is 5.47. The molecule has 0 aromatic carbocycles. The number of aromatic nitrogens is 2. The Hall–Kier alpha value is -2.19. The van der Waals surface area contributed by atoms with Crippen molar-refractivity contribution in [2.45, 2.75) is 24.5 Å². The first-order valence-electron chi connectivity index (χ1n) is 8.96. The second kappa shape index (κ2) is 5.92. The van der Waals surface area contributed by atoms with Gasteiger partial charge in [-0.25, -0.2) is 4.98 Å². The molecule has 8 heteroatoms. The highest BCUT2D eigenvalue weighted by molar-refractivity contribution is 7.08. The zero-order valence-electron chi connectivity index (χ0n) is 14.3. The van der Waals surface area contributed by atoms with Crippen LogP contribution in [0.2, 0.25) is 0 Å². The summed E-state index contributed by atoms with van der Waals surface area (Å²) < 4.78 is 6.42. The number of nitrogen functional groups attached to an aromatic ring is 1. The Balaban J connectivity index is 1.31. The van der Waals surface area contributed by atoms with Crippen LogP contribution < -0.4 is 16.0 Å². The molecule has 0 unspecified atom stereocenters. The van der Waals surface area contributed by atoms with Crippen molar-refractivity contribution in [3.8, 4) is 0 Å². The van der Waals surface area contributed by atoms with E-state index in [0.29, 0.717) is 30.1 Å². The van der Waals surface area contributed by atoms with Crippen molar-refractivity contribution in [3.63, 3.8) is 0 Å². The average molecular weight is 371 g/mol. The first-order chi connectivity index (χ1) is 12.6. The van der Waals surface area contributed by atoms with Crippen LogP contribution in [0.5, 0.6) is 0 Å². The number of hydrogen-bond acceptors (Lipinski definition) is 7. The average Bonchev–Trinajstić information content (AvgIpc) is 3.39. The zero-order valence-corrected chi connectivity index (χ0v) is 15.1. The summed E-state index contributed by atoms with van der Waals surface area (Å²) in [7, 11) is 0. The van der Waals surface area contributed by atoms with Gasteiger partial charge >= 0.3 is 0 Å². The van der Waals surface area contributed by atoms with Crippen LogP contribution in [0.1, 0.15) is 23.2 Å². The SMILES string of the molecule is Nc1ccnc(N2C[C@@H]3[C@H](CNC(=O)c4ccsc4)[C@H]4CC[C@]3(C2)O4)n1. The quantitative estimate of drug-likeness (QED) is 0.847. The Bertz CT molecular complexity index is 829. The van der Waals surface area contributed by atoms with E-state index in [1.165, 1.54) is 11.3 Å². The molecule has 0 saturated carbocycles. The van der Waals surface area contributed by atoms with Gasteiger partial charge in [0.15, 0.2) is 0 Å². The zero-order chi connectivity index (χ0) is 17.7. The Morgan fingerprint density at radius 1 is 1.50 bits per heavy atom. The van der Waals surface area contributed by atoms with Crippen LogP contribution >= 0.6 is 11.3 Å². The minimum Gasteiger partial charge on any atom is -0.384 e. The number of anilines is 2. The molecule has 2 bridgehead atoms. The lowest BCUT2D eigenvalue weighted by Crippen LogP contribution is -2.41. The molecule has 26 heavy (non-hydrogen) atoms. The summed E-state index contributed by atoms with van der Waals surface area (Å²) in [5, 5.41) is 6.90. The lowest BCUT2D eigenvalue weighted by atomic mass is 9.73. The molecule has 0 radical (unpaired) electrons. The Kier molecular flexibility index (Phi) is 3.65. The molecule has 3 aliphatic heterocycles. The van der Waals surface area contributed by atoms with Gasteiger partial charge in [-0.3, -0.25) is 4.79 Å². The number of thiophene rings is 1. The highest BCUT2D eigenvalue weighted by Gasteiger charge is 2.63. The molecule has 3 saturated heterocycles. The van der Waals surface area contributed by atoms with Crippen molar-refractivity contribution in [2.24, 2.45) is 11.8 Å². The molecule has 3 aliphatic rings. The number of hydrogen-bond donors (Lipinski definition) is 2. The van der Waals surface area contributed by atoms with Gasteiger partial charge in [0.25, 0.3) is 5.91 Å². The topological polar surface area (TPSA) is 93.4 Å². The summed E-state index contributed by atoms with van der Waals surface area (Å²) >= 11 is 1.54. The summed E-state index contributed by atoms with van der Waals surface area (Å²) in [6.45, 7) is 2.29. The third-order valence-corrected chi connectivity index (χ3v) is 6.70. The molecule has 3 N–H and O–H groups in total. The summed E-state index contributed by atoms with van der Waals surface area (Å²) in [6, 6.07) is 3.55. The Labute approximate surface area is 155 Å². The number of ether oxygens (including phenoxy) is 1. The van der Waals surface area contributed by atoms with Crippen LogP contribution in [0.3, 0.4) is 0 Å². The molecule has 2 aromatic heterocycles. The van der Waals surface area contributed by atoms with Crippen molar-refractivity contribution in [3.05, 3.63) is 34.7 Å². The standard InChI is InChI=1S/C18H21N5O2S/c19-15-2-5-20-17(22-15)23-8-13-12(14-1-4-18(13,10-23)25-14)7-21-16(24)11-3-6-26-9-11/h2-3,5-6,9,12-14H,1,4,7-8,10H2,(H,21,24)(H2,19,20,22)/t12-,13+,14+,18+/m0/s1. The van der Waals surface area contributed by atoms with Gasteiger partial charge in [0.2, 0.25) is 5.95 Å². The largest absolute Gasteiger partial charge is 0.384 e. The number of fused-ring (bicyclic) bond motifs is 1. The van der Waals surface area contributed by atoms with Crippen molar-refractivity contribution in [2.75, 3.05) is 30.3 Å². The summed E-state index contributed by atoms with van der Waals surface area (Å²) in [5.41, 5.74) is 6.42. The van der Waals surface area contributed by atoms with E-state index in [-0.39, 0.29) is 17.6 Å². The van der Waals surface area contributed by atoms with Crippen LogP contribution in [0.4, 0.5) is 11.8 Å². The van der Waals surface area contributed by atoms with Crippen LogP contribution in [-0.4, -0.2) is 47.2 Å². The summed E-state index contributed by atoms with van der Waals surface area (Å²) in [4.78, 5) is 23.2. The van der Waals surface area contributed by atoms with E-state index in [1.54, 1.807) is 12.3 Å². The fraction of sp³-hybridized carbons (Fsp3) is 0.500. The van der Waals surface area contributed by atoms with E-state index in [2.05, 4.69) is 20.2 Å². The van der Waals surface area contributed by atoms with E-state index in [4.69, 9.17) is 10.5 Å². The first kappa shape index (κ1) is 16.0. The lowest BCUT2D eigenvalue weighted by molar-refractivity contribution is 0.0141. The molecule has 1 amide bonds. The van der Waals surface area contributed by atoms with Crippen LogP contribution in [-0.2, 0) is 4.74 Å². The molecule has 136 valence electrons. The predicted molar refractivity (Wildman–Crippen MR) is 99.1 cm³/mol. The van der Waals surface area contributed by atoms with Crippen molar-refractivity contribution < 1.29 is 9.53 Å². The molecule has 1 spiro atoms. The second-order valence-corrected chi connectivity index (χ2v) is 8.19. The van der Waals surface area contributed by atoms with Crippen LogP contribution in [0.25, 0.3) is 0 Å². The molecule has 7 nitrogen and oxygen atoms in total. The maximum Gasteiger partial charge on any atom is 0.252 e. The maximum absolute atomic E-state index is 12.3. The van der Waals surface area contributed by atoms with E-state index >= 15 is 0 Å². The van der Waals surface area contributed by atoms with E-state index < -0.39 is 0 Å². The van der Waals surface area contributed by atoms with Crippen LogP contribution in [0.15, 0.2) is 29.1 Å². The van der Waals surface area contributed by atoms with Gasteiger partial charge < -0.3 is 20.7 Å². The van der Waals surface area contributed by atoms with E-state index in [9.17, 15) is 4.79 Å². The molecule has 0 aliphatic carbocycles. The molecule has 5 heterocycles. The van der Waals surface area contributed by atoms with Crippen molar-refractivity contribution in [1.29, 1.82) is 0 Å². The highest BCUT2D eigenvalue weighted by atomic mass is 32.1. The molecular weight excluding hydrogens is 350 g/mol. The number of nitrogens with zero attached hydrogens (tertiary/aromatic N) is 3. The number of amides is 1. The van der Waals surface area contributed by atoms with E-state index in [1.807, 2.05) is 16.8 Å². The van der Waals surface area contributed by atoms with Gasteiger partial charge in [-0.05, 0) is 30.4 Å². The third kappa shape index (κ3) is 2.47. The molecule has 2 aromatic rings. The van der Waals surface area contributed by atoms with Gasteiger partial charge in [-0.1, -0.05) is 0 Å². The first-order valence-corrected chi connectivity index (χ1v) is 9.91. The van der Waals surface area contributed by atoms with Gasteiger partial charge in [0, 0.05) is 42.1 Å². The summed E-state index contributed by atoms with van der Waals surface area (Å²) in [5.74, 6) is 1.86. The maximum atomic E-state index is 12.3. The normalized spacial score (nSPS) is 32.0. The molecule has 4 atom stereocenters. The highest BCUT2D eigenvalue weighted by Crippen LogP contribution is 2.54. The van der Waals surface area contributed by atoms with Crippen LogP contribution in [0, 0.1) is 11.8 Å². The Morgan fingerprint density at radius 2 is 2.42 bits per heavy atom. The van der Waals surface area contributed by atoms with Gasteiger partial charge in [0.05, 0.1) is 18.2 Å². The lowest BCUT2D eigenvalue weighted by Gasteiger charge is -2.29. The Morgan fingerprint density at radius 3 is 3.23 bits per heavy atom. The van der Waals surface area contributed by atoms with Crippen molar-refractivity contribution in [1.82, 2.24) is 15.3 Å². The molecule has 5 rings (SSSR count). The second-order valence-electron chi connectivity index (χ2n) is 7.41. The van der Waals surface area contributed by atoms with Gasteiger partial charge in [-0.15, -0.1) is 0 Å². The van der Waals surface area contributed by atoms with Crippen molar-refractivity contribution >= 4 is 29.0 Å². The number of rotatable bonds is 4. The van der Waals surface area contributed by atoms with E-state index in [0.717, 1.165) is 31.5 Å². The summed E-state index contributed by atoms with van der Waals surface area (Å²) in [6.07, 6.45) is 4.06. The van der Waals surface area contributed by atoms with Gasteiger partial charge in [-0.2, -0.15) is 16.3 Å².